The summed E-state index contributed by atoms with van der Waals surface area (Å²) >= 11 is 1.29. The van der Waals surface area contributed by atoms with Gasteiger partial charge in [-0.05, 0) is 56.9 Å². The van der Waals surface area contributed by atoms with Crippen molar-refractivity contribution in [1.82, 2.24) is 5.32 Å². The van der Waals surface area contributed by atoms with Crippen LogP contribution in [0.15, 0.2) is 41.1 Å². The zero-order chi connectivity index (χ0) is 15.1. The molecule has 0 saturated heterocycles. The van der Waals surface area contributed by atoms with Crippen LogP contribution in [0.25, 0.3) is 0 Å². The molecule has 1 heterocycles. The number of rotatable bonds is 6. The largest absolute Gasteiger partial charge is 0.618 e. The Morgan fingerprint density at radius 2 is 2.33 bits per heavy atom. The molecule has 0 aromatic carbocycles. The van der Waals surface area contributed by atoms with E-state index in [0.29, 0.717) is 11.6 Å². The molecule has 0 radical (unpaired) electrons. The Kier molecular flexibility index (Phi) is 6.11. The minimum Gasteiger partial charge on any atom is -0.618 e. The highest BCUT2D eigenvalue weighted by Gasteiger charge is 2.18. The van der Waals surface area contributed by atoms with Gasteiger partial charge in [0.1, 0.15) is 0 Å². The molecule has 1 aromatic rings. The third-order valence-electron chi connectivity index (χ3n) is 3.59. The monoisotopic (exact) mass is 306 g/mol. The first-order chi connectivity index (χ1) is 10.2. The number of carbonyl (C=O) groups is 1. The first-order valence-corrected chi connectivity index (χ1v) is 8.35. The molecule has 1 atom stereocenters. The molecular weight excluding hydrogens is 284 g/mol. The third-order valence-corrected chi connectivity index (χ3v) is 4.71. The molecule has 0 aliphatic heterocycles. The lowest BCUT2D eigenvalue weighted by Crippen LogP contribution is -2.34. The van der Waals surface area contributed by atoms with Gasteiger partial charge in [0.25, 0.3) is 5.03 Å². The molecule has 1 N–H and O–H groups in total. The van der Waals surface area contributed by atoms with Crippen molar-refractivity contribution in [3.63, 3.8) is 0 Å². The number of hydrogen-bond donors (Lipinski definition) is 1. The Bertz CT molecular complexity index is 517. The minimum absolute atomic E-state index is 0.0136. The summed E-state index contributed by atoms with van der Waals surface area (Å²) < 4.78 is 0.793. The molecule has 1 amide bonds. The molecule has 0 saturated carbocycles. The number of pyridine rings is 1. The number of nitrogens with one attached hydrogen (secondary N) is 1. The zero-order valence-electron chi connectivity index (χ0n) is 12.4. The molecule has 0 fully saturated rings. The second kappa shape index (κ2) is 8.08. The number of amides is 1. The van der Waals surface area contributed by atoms with Crippen LogP contribution in [0.2, 0.25) is 0 Å². The third kappa shape index (κ3) is 5.08. The SMILES string of the molecule is C[C@H](Sc1cccc[n+]1[O-])C(=O)NCCC1=CCCCC1. The van der Waals surface area contributed by atoms with Gasteiger partial charge in [0, 0.05) is 18.7 Å². The van der Waals surface area contributed by atoms with E-state index in [1.165, 1.54) is 49.2 Å². The molecule has 21 heavy (non-hydrogen) atoms. The first kappa shape index (κ1) is 15.9. The van der Waals surface area contributed by atoms with Gasteiger partial charge in [-0.1, -0.05) is 11.6 Å². The molecule has 4 nitrogen and oxygen atoms in total. The summed E-state index contributed by atoms with van der Waals surface area (Å²) in [5.74, 6) is -0.0136. The Labute approximate surface area is 130 Å². The summed E-state index contributed by atoms with van der Waals surface area (Å²) in [5, 5.41) is 14.8. The van der Waals surface area contributed by atoms with Gasteiger partial charge >= 0.3 is 0 Å². The summed E-state index contributed by atoms with van der Waals surface area (Å²) in [6.45, 7) is 2.51. The van der Waals surface area contributed by atoms with Crippen LogP contribution < -0.4 is 10.0 Å². The average Bonchev–Trinajstić information content (AvgIpc) is 2.50. The summed E-state index contributed by atoms with van der Waals surface area (Å²) in [6.07, 6.45) is 9.59. The second-order valence-corrected chi connectivity index (χ2v) is 6.64. The summed E-state index contributed by atoms with van der Waals surface area (Å²) in [4.78, 5) is 12.0. The van der Waals surface area contributed by atoms with E-state index in [-0.39, 0.29) is 11.2 Å². The van der Waals surface area contributed by atoms with E-state index in [1.807, 2.05) is 6.92 Å². The fraction of sp³-hybridized carbons (Fsp3) is 0.500. The van der Waals surface area contributed by atoms with E-state index in [4.69, 9.17) is 0 Å². The van der Waals surface area contributed by atoms with Gasteiger partial charge in [0.15, 0.2) is 6.20 Å². The molecule has 2 rings (SSSR count). The van der Waals surface area contributed by atoms with Crippen molar-refractivity contribution in [3.8, 4) is 0 Å². The van der Waals surface area contributed by atoms with Crippen molar-refractivity contribution in [2.24, 2.45) is 0 Å². The molecule has 5 heteroatoms. The predicted octanol–water partition coefficient (Wildman–Crippen LogP) is 2.81. The van der Waals surface area contributed by atoms with Crippen LogP contribution in [0.4, 0.5) is 0 Å². The molecule has 1 aliphatic carbocycles. The Hall–Kier alpha value is -1.49. The van der Waals surface area contributed by atoms with Gasteiger partial charge in [-0.25, -0.2) is 0 Å². The predicted molar refractivity (Wildman–Crippen MR) is 84.9 cm³/mol. The molecular formula is C16H22N2O2S. The Balaban J connectivity index is 1.75. The van der Waals surface area contributed by atoms with Crippen molar-refractivity contribution in [2.75, 3.05) is 6.54 Å². The number of carbonyl (C=O) groups excluding carboxylic acids is 1. The Morgan fingerprint density at radius 3 is 3.05 bits per heavy atom. The molecule has 0 spiro atoms. The highest BCUT2D eigenvalue weighted by Crippen LogP contribution is 2.21. The number of nitrogens with zero attached hydrogens (tertiary/aromatic N) is 1. The van der Waals surface area contributed by atoms with Crippen molar-refractivity contribution < 1.29 is 9.52 Å². The fourth-order valence-corrected chi connectivity index (χ4v) is 3.23. The second-order valence-electron chi connectivity index (χ2n) is 5.27. The van der Waals surface area contributed by atoms with Crippen LogP contribution in [0, 0.1) is 5.21 Å². The maximum absolute atomic E-state index is 12.0. The molecule has 114 valence electrons. The topological polar surface area (TPSA) is 56.0 Å². The van der Waals surface area contributed by atoms with Gasteiger partial charge in [-0.2, -0.15) is 4.73 Å². The van der Waals surface area contributed by atoms with E-state index in [1.54, 1.807) is 18.2 Å². The average molecular weight is 306 g/mol. The summed E-state index contributed by atoms with van der Waals surface area (Å²) in [6, 6.07) is 5.21. The smallest absolute Gasteiger partial charge is 0.252 e. The van der Waals surface area contributed by atoms with E-state index >= 15 is 0 Å². The van der Waals surface area contributed by atoms with Gasteiger partial charge in [0.05, 0.1) is 5.25 Å². The Morgan fingerprint density at radius 1 is 1.48 bits per heavy atom. The number of thioether (sulfide) groups is 1. The van der Waals surface area contributed by atoms with Crippen molar-refractivity contribution >= 4 is 17.7 Å². The summed E-state index contributed by atoms with van der Waals surface area (Å²) in [5.41, 5.74) is 1.46. The lowest BCUT2D eigenvalue weighted by molar-refractivity contribution is -0.645. The van der Waals surface area contributed by atoms with Crippen LogP contribution in [0.1, 0.15) is 39.0 Å². The lowest BCUT2D eigenvalue weighted by atomic mass is 9.97. The number of aromatic nitrogens is 1. The minimum atomic E-state index is -0.270. The van der Waals surface area contributed by atoms with Crippen molar-refractivity contribution in [3.05, 3.63) is 41.3 Å². The number of allylic oxidation sites excluding steroid dienone is 1. The normalized spacial score (nSPS) is 16.1. The summed E-state index contributed by atoms with van der Waals surface area (Å²) in [7, 11) is 0. The van der Waals surface area contributed by atoms with Crippen LogP contribution in [-0.4, -0.2) is 17.7 Å². The van der Waals surface area contributed by atoms with E-state index in [2.05, 4.69) is 11.4 Å². The maximum atomic E-state index is 12.0. The fourth-order valence-electron chi connectivity index (χ4n) is 2.36. The quantitative estimate of drug-likeness (QED) is 0.380. The lowest BCUT2D eigenvalue weighted by Gasteiger charge is -2.14. The van der Waals surface area contributed by atoms with Crippen LogP contribution in [0.5, 0.6) is 0 Å². The van der Waals surface area contributed by atoms with Gasteiger partial charge in [-0.3, -0.25) is 4.79 Å². The maximum Gasteiger partial charge on any atom is 0.252 e. The number of hydrogen-bond acceptors (Lipinski definition) is 3. The highest BCUT2D eigenvalue weighted by atomic mass is 32.2. The molecule has 1 aromatic heterocycles. The van der Waals surface area contributed by atoms with Gasteiger partial charge < -0.3 is 10.5 Å². The van der Waals surface area contributed by atoms with E-state index < -0.39 is 0 Å². The molecule has 1 aliphatic rings. The first-order valence-electron chi connectivity index (χ1n) is 7.47. The van der Waals surface area contributed by atoms with Crippen LogP contribution in [-0.2, 0) is 4.79 Å². The van der Waals surface area contributed by atoms with Crippen molar-refractivity contribution in [1.29, 1.82) is 0 Å². The highest BCUT2D eigenvalue weighted by molar-refractivity contribution is 8.00. The van der Waals surface area contributed by atoms with E-state index in [0.717, 1.165) is 11.2 Å². The van der Waals surface area contributed by atoms with Gasteiger partial charge in [0.2, 0.25) is 5.91 Å². The van der Waals surface area contributed by atoms with Gasteiger partial charge in [-0.15, -0.1) is 0 Å². The van der Waals surface area contributed by atoms with Crippen molar-refractivity contribution in [2.45, 2.75) is 49.3 Å². The van der Waals surface area contributed by atoms with E-state index in [9.17, 15) is 10.0 Å². The van der Waals surface area contributed by atoms with Crippen LogP contribution >= 0.6 is 11.8 Å². The molecule has 0 unspecified atom stereocenters. The molecule has 0 bridgehead atoms. The standard InChI is InChI=1S/C16H22N2O2S/c1-13(21-15-9-5-6-12-18(15)20)16(19)17-11-10-14-7-3-2-4-8-14/h5-7,9,12-13H,2-4,8,10-11H2,1H3,(H,17,19)/t13-/m0/s1. The zero-order valence-corrected chi connectivity index (χ0v) is 13.2. The van der Waals surface area contributed by atoms with Crippen LogP contribution in [0.3, 0.4) is 0 Å².